The van der Waals surface area contributed by atoms with E-state index in [1.807, 2.05) is 68.4 Å². The van der Waals surface area contributed by atoms with Crippen LogP contribution in [0.3, 0.4) is 0 Å². The third-order valence-corrected chi connectivity index (χ3v) is 3.69. The molecule has 0 unspecified atom stereocenters. The smallest absolute Gasteiger partial charge is 0.271 e. The molecule has 0 radical (unpaired) electrons. The molecule has 138 valence electrons. The summed E-state index contributed by atoms with van der Waals surface area (Å²) in [6.07, 6.45) is 0. The molecule has 0 bridgehead atoms. The topological polar surface area (TPSA) is 76.1 Å². The van der Waals surface area contributed by atoms with Crippen LogP contribution in [0.2, 0.25) is 0 Å². The van der Waals surface area contributed by atoms with Crippen molar-refractivity contribution in [1.82, 2.24) is 15.5 Å². The molecule has 0 aliphatic heterocycles. The van der Waals surface area contributed by atoms with Crippen molar-refractivity contribution in [3.05, 3.63) is 78.0 Å². The van der Waals surface area contributed by atoms with Crippen molar-refractivity contribution in [1.29, 1.82) is 0 Å². The maximum atomic E-state index is 11.9. The molecule has 0 aliphatic carbocycles. The molecule has 27 heavy (non-hydrogen) atoms. The number of nitrogens with one attached hydrogen (secondary N) is 2. The van der Waals surface area contributed by atoms with Gasteiger partial charge in [-0.1, -0.05) is 30.3 Å². The van der Waals surface area contributed by atoms with Gasteiger partial charge in [0.1, 0.15) is 12.4 Å². The standard InChI is InChI=1S/C21H22N4O2/c1-15(2)22-21(26)19-12-13-20(25-24-19)23-17-8-10-18(11-9-17)27-14-16-6-4-3-5-7-16/h3-13,15H,14H2,1-2H3,(H,22,26)(H,23,25). The Kier molecular flexibility index (Phi) is 5.99. The van der Waals surface area contributed by atoms with Gasteiger partial charge < -0.3 is 15.4 Å². The first-order valence-corrected chi connectivity index (χ1v) is 8.78. The molecular formula is C21H22N4O2. The molecule has 0 saturated heterocycles. The van der Waals surface area contributed by atoms with E-state index in [0.29, 0.717) is 18.1 Å². The van der Waals surface area contributed by atoms with E-state index < -0.39 is 0 Å². The van der Waals surface area contributed by atoms with Crippen molar-refractivity contribution in [2.75, 3.05) is 5.32 Å². The third-order valence-electron chi connectivity index (χ3n) is 3.69. The van der Waals surface area contributed by atoms with Crippen molar-refractivity contribution >= 4 is 17.4 Å². The van der Waals surface area contributed by atoms with Crippen LogP contribution < -0.4 is 15.4 Å². The predicted molar refractivity (Wildman–Crippen MR) is 105 cm³/mol. The molecule has 0 fully saturated rings. The molecule has 3 aromatic rings. The highest BCUT2D eigenvalue weighted by Gasteiger charge is 2.09. The molecule has 3 rings (SSSR count). The molecule has 0 spiro atoms. The Balaban J connectivity index is 1.55. The molecule has 2 aromatic carbocycles. The first-order chi connectivity index (χ1) is 13.1. The Hall–Kier alpha value is -3.41. The Morgan fingerprint density at radius 1 is 0.963 bits per heavy atom. The van der Waals surface area contributed by atoms with Gasteiger partial charge >= 0.3 is 0 Å². The van der Waals surface area contributed by atoms with Gasteiger partial charge in [0, 0.05) is 11.7 Å². The normalized spacial score (nSPS) is 10.5. The van der Waals surface area contributed by atoms with Gasteiger partial charge in [0.05, 0.1) is 0 Å². The van der Waals surface area contributed by atoms with Crippen LogP contribution in [0.1, 0.15) is 29.9 Å². The Morgan fingerprint density at radius 3 is 2.33 bits per heavy atom. The van der Waals surface area contributed by atoms with E-state index in [1.165, 1.54) is 0 Å². The Labute approximate surface area is 158 Å². The minimum Gasteiger partial charge on any atom is -0.489 e. The molecule has 1 heterocycles. The lowest BCUT2D eigenvalue weighted by atomic mass is 10.2. The number of nitrogens with zero attached hydrogens (tertiary/aromatic N) is 2. The maximum Gasteiger partial charge on any atom is 0.271 e. The molecule has 1 aromatic heterocycles. The number of amides is 1. The van der Waals surface area contributed by atoms with E-state index in [0.717, 1.165) is 17.0 Å². The van der Waals surface area contributed by atoms with Crippen LogP contribution in [0.4, 0.5) is 11.5 Å². The first-order valence-electron chi connectivity index (χ1n) is 8.78. The van der Waals surface area contributed by atoms with E-state index in [4.69, 9.17) is 4.74 Å². The fraction of sp³-hybridized carbons (Fsp3) is 0.190. The second-order valence-corrected chi connectivity index (χ2v) is 6.36. The summed E-state index contributed by atoms with van der Waals surface area (Å²) in [5.74, 6) is 1.12. The summed E-state index contributed by atoms with van der Waals surface area (Å²) in [4.78, 5) is 11.9. The van der Waals surface area contributed by atoms with Gasteiger partial charge in [-0.05, 0) is 55.8 Å². The number of carbonyl (C=O) groups is 1. The van der Waals surface area contributed by atoms with E-state index in [1.54, 1.807) is 12.1 Å². The van der Waals surface area contributed by atoms with Gasteiger partial charge in [-0.15, -0.1) is 10.2 Å². The largest absolute Gasteiger partial charge is 0.489 e. The third kappa shape index (κ3) is 5.54. The van der Waals surface area contributed by atoms with Crippen molar-refractivity contribution < 1.29 is 9.53 Å². The lowest BCUT2D eigenvalue weighted by molar-refractivity contribution is 0.0937. The number of benzene rings is 2. The zero-order chi connectivity index (χ0) is 19.1. The fourth-order valence-electron chi connectivity index (χ4n) is 2.38. The second-order valence-electron chi connectivity index (χ2n) is 6.36. The summed E-state index contributed by atoms with van der Waals surface area (Å²) in [5, 5.41) is 13.9. The van der Waals surface area contributed by atoms with Gasteiger partial charge in [-0.2, -0.15) is 0 Å². The van der Waals surface area contributed by atoms with Gasteiger partial charge in [0.15, 0.2) is 11.5 Å². The maximum absolute atomic E-state index is 11.9. The summed E-state index contributed by atoms with van der Waals surface area (Å²) in [6, 6.07) is 21.0. The monoisotopic (exact) mass is 362 g/mol. The van der Waals surface area contributed by atoms with Crippen LogP contribution in [0, 0.1) is 0 Å². The van der Waals surface area contributed by atoms with Crippen LogP contribution in [-0.2, 0) is 6.61 Å². The lowest BCUT2D eigenvalue weighted by Crippen LogP contribution is -2.30. The second kappa shape index (κ2) is 8.80. The van der Waals surface area contributed by atoms with E-state index in [-0.39, 0.29) is 11.9 Å². The summed E-state index contributed by atoms with van der Waals surface area (Å²) in [5.41, 5.74) is 2.27. The van der Waals surface area contributed by atoms with Crippen LogP contribution in [0.25, 0.3) is 0 Å². The van der Waals surface area contributed by atoms with E-state index >= 15 is 0 Å². The van der Waals surface area contributed by atoms with Crippen LogP contribution in [0.15, 0.2) is 66.7 Å². The highest BCUT2D eigenvalue weighted by Crippen LogP contribution is 2.19. The quantitative estimate of drug-likeness (QED) is 0.666. The number of ether oxygens (including phenoxy) is 1. The lowest BCUT2D eigenvalue weighted by Gasteiger charge is -2.09. The first kappa shape index (κ1) is 18.4. The molecule has 6 heteroatoms. The summed E-state index contributed by atoms with van der Waals surface area (Å²) in [6.45, 7) is 4.32. The highest BCUT2D eigenvalue weighted by atomic mass is 16.5. The van der Waals surface area contributed by atoms with Gasteiger partial charge in [0.25, 0.3) is 5.91 Å². The highest BCUT2D eigenvalue weighted by molar-refractivity contribution is 5.92. The van der Waals surface area contributed by atoms with Crippen LogP contribution in [-0.4, -0.2) is 22.1 Å². The minimum absolute atomic E-state index is 0.0553. The summed E-state index contributed by atoms with van der Waals surface area (Å²) >= 11 is 0. The van der Waals surface area contributed by atoms with Gasteiger partial charge in [-0.3, -0.25) is 4.79 Å². The number of carbonyl (C=O) groups excluding carboxylic acids is 1. The molecule has 1 amide bonds. The number of aromatic nitrogens is 2. The van der Waals surface area contributed by atoms with E-state index in [2.05, 4.69) is 20.8 Å². The van der Waals surface area contributed by atoms with Crippen molar-refractivity contribution in [2.24, 2.45) is 0 Å². The minimum atomic E-state index is -0.232. The zero-order valence-electron chi connectivity index (χ0n) is 15.3. The van der Waals surface area contributed by atoms with Crippen molar-refractivity contribution in [2.45, 2.75) is 26.5 Å². The van der Waals surface area contributed by atoms with E-state index in [9.17, 15) is 4.79 Å². The van der Waals surface area contributed by atoms with Crippen LogP contribution >= 0.6 is 0 Å². The van der Waals surface area contributed by atoms with Crippen molar-refractivity contribution in [3.8, 4) is 5.75 Å². The average Bonchev–Trinajstić information content (AvgIpc) is 2.68. The number of hydrogen-bond acceptors (Lipinski definition) is 5. The molecule has 0 aliphatic rings. The Bertz CT molecular complexity index is 863. The van der Waals surface area contributed by atoms with Gasteiger partial charge in [0.2, 0.25) is 0 Å². The molecular weight excluding hydrogens is 340 g/mol. The SMILES string of the molecule is CC(C)NC(=O)c1ccc(Nc2ccc(OCc3ccccc3)cc2)nn1. The number of rotatable bonds is 7. The summed E-state index contributed by atoms with van der Waals surface area (Å²) in [7, 11) is 0. The molecule has 0 atom stereocenters. The zero-order valence-corrected chi connectivity index (χ0v) is 15.3. The molecule has 2 N–H and O–H groups in total. The molecule has 6 nitrogen and oxygen atoms in total. The Morgan fingerprint density at radius 2 is 1.70 bits per heavy atom. The predicted octanol–water partition coefficient (Wildman–Crippen LogP) is 3.94. The van der Waals surface area contributed by atoms with Crippen molar-refractivity contribution in [3.63, 3.8) is 0 Å². The summed E-state index contributed by atoms with van der Waals surface area (Å²) < 4.78 is 5.77. The van der Waals surface area contributed by atoms with Gasteiger partial charge in [-0.25, -0.2) is 0 Å². The fourth-order valence-corrected chi connectivity index (χ4v) is 2.38. The number of anilines is 2. The number of hydrogen-bond donors (Lipinski definition) is 2. The average molecular weight is 362 g/mol. The van der Waals surface area contributed by atoms with Crippen LogP contribution in [0.5, 0.6) is 5.75 Å². The molecule has 0 saturated carbocycles.